The third-order valence-electron chi connectivity index (χ3n) is 5.16. The van der Waals surface area contributed by atoms with Crippen molar-refractivity contribution in [3.8, 4) is 11.1 Å². The molecule has 0 radical (unpaired) electrons. The summed E-state index contributed by atoms with van der Waals surface area (Å²) in [6.07, 6.45) is 2.94. The van der Waals surface area contributed by atoms with Gasteiger partial charge in [0.1, 0.15) is 0 Å². The number of carbonyl (C=O) groups is 3. The van der Waals surface area contributed by atoms with Crippen LogP contribution in [-0.2, 0) is 4.79 Å². The third-order valence-corrected chi connectivity index (χ3v) is 5.16. The molecule has 1 aliphatic rings. The van der Waals surface area contributed by atoms with E-state index in [1.54, 1.807) is 53.4 Å². The number of piperidine rings is 1. The molecule has 1 atom stereocenters. The van der Waals surface area contributed by atoms with E-state index in [4.69, 9.17) is 0 Å². The highest BCUT2D eigenvalue weighted by molar-refractivity contribution is 6.04. The minimum absolute atomic E-state index is 0.0163. The monoisotopic (exact) mass is 394 g/mol. The molecule has 0 saturated carbocycles. The van der Waals surface area contributed by atoms with Gasteiger partial charge in [0.2, 0.25) is 5.91 Å². The summed E-state index contributed by atoms with van der Waals surface area (Å²) in [6.45, 7) is 3.04. The minimum Gasteiger partial charge on any atom is -0.478 e. The maximum Gasteiger partial charge on any atom is 0.336 e. The van der Waals surface area contributed by atoms with E-state index < -0.39 is 5.97 Å². The molecule has 3 rings (SSSR count). The zero-order valence-electron chi connectivity index (χ0n) is 16.6. The summed E-state index contributed by atoms with van der Waals surface area (Å²) in [4.78, 5) is 38.6. The molecule has 0 aromatic heterocycles. The van der Waals surface area contributed by atoms with Crippen LogP contribution < -0.4 is 5.32 Å². The number of hydrogen-bond donors (Lipinski definition) is 2. The summed E-state index contributed by atoms with van der Waals surface area (Å²) >= 11 is 0. The third kappa shape index (κ3) is 4.83. The Labute approximate surface area is 170 Å². The van der Waals surface area contributed by atoms with Crippen LogP contribution in [0.25, 0.3) is 11.1 Å². The number of carbonyl (C=O) groups excluding carboxylic acids is 2. The van der Waals surface area contributed by atoms with E-state index in [-0.39, 0.29) is 23.4 Å². The van der Waals surface area contributed by atoms with Crippen molar-refractivity contribution in [1.29, 1.82) is 0 Å². The lowest BCUT2D eigenvalue weighted by Crippen LogP contribution is -2.49. The zero-order chi connectivity index (χ0) is 20.8. The molecule has 6 nitrogen and oxygen atoms in total. The van der Waals surface area contributed by atoms with Crippen molar-refractivity contribution < 1.29 is 19.5 Å². The van der Waals surface area contributed by atoms with Gasteiger partial charge in [-0.3, -0.25) is 9.59 Å². The van der Waals surface area contributed by atoms with Crippen molar-refractivity contribution in [3.63, 3.8) is 0 Å². The number of carboxylic acid groups (broad SMARTS) is 1. The van der Waals surface area contributed by atoms with Gasteiger partial charge in [0.25, 0.3) is 5.91 Å². The van der Waals surface area contributed by atoms with Crippen LogP contribution in [0.5, 0.6) is 0 Å². The predicted molar refractivity (Wildman–Crippen MR) is 111 cm³/mol. The molecule has 29 heavy (non-hydrogen) atoms. The Hall–Kier alpha value is -3.15. The topological polar surface area (TPSA) is 86.7 Å². The highest BCUT2D eigenvalue weighted by Crippen LogP contribution is 2.29. The molecule has 0 bridgehead atoms. The Balaban J connectivity index is 1.86. The first-order valence-corrected chi connectivity index (χ1v) is 10.0. The minimum atomic E-state index is -1.03. The zero-order valence-corrected chi connectivity index (χ0v) is 16.6. The van der Waals surface area contributed by atoms with E-state index in [9.17, 15) is 19.5 Å². The molecule has 1 fully saturated rings. The van der Waals surface area contributed by atoms with Crippen LogP contribution in [0, 0.1) is 0 Å². The lowest BCUT2D eigenvalue weighted by atomic mass is 9.94. The summed E-state index contributed by atoms with van der Waals surface area (Å²) < 4.78 is 0. The number of benzene rings is 2. The smallest absolute Gasteiger partial charge is 0.336 e. The van der Waals surface area contributed by atoms with Gasteiger partial charge in [0.15, 0.2) is 0 Å². The van der Waals surface area contributed by atoms with Crippen molar-refractivity contribution in [1.82, 2.24) is 10.2 Å². The number of rotatable bonds is 6. The van der Waals surface area contributed by atoms with E-state index in [1.807, 2.05) is 6.92 Å². The first-order valence-electron chi connectivity index (χ1n) is 10.0. The standard InChI is InChI=1S/C23H26N2O4/c1-2-8-21(26)24-16-9-7-14-25(15-16)22(27)19-12-5-3-10-17(19)18-11-4-6-13-20(18)23(28)29/h3-6,10-13,16H,2,7-9,14-15H2,1H3,(H,24,26)(H,28,29). The molecule has 2 N–H and O–H groups in total. The van der Waals surface area contributed by atoms with Gasteiger partial charge < -0.3 is 15.3 Å². The molecule has 0 spiro atoms. The summed E-state index contributed by atoms with van der Waals surface area (Å²) in [5, 5.41) is 12.5. The van der Waals surface area contributed by atoms with Gasteiger partial charge in [-0.05, 0) is 42.5 Å². The Kier molecular flexibility index (Phi) is 6.65. The highest BCUT2D eigenvalue weighted by atomic mass is 16.4. The summed E-state index contributed by atoms with van der Waals surface area (Å²) in [6, 6.07) is 13.7. The first-order chi connectivity index (χ1) is 14.0. The van der Waals surface area contributed by atoms with E-state index in [0.717, 1.165) is 19.3 Å². The van der Waals surface area contributed by atoms with Crippen LogP contribution >= 0.6 is 0 Å². The fourth-order valence-corrected chi connectivity index (χ4v) is 3.79. The van der Waals surface area contributed by atoms with E-state index in [2.05, 4.69) is 5.32 Å². The van der Waals surface area contributed by atoms with Crippen LogP contribution in [-0.4, -0.2) is 46.9 Å². The van der Waals surface area contributed by atoms with Gasteiger partial charge in [-0.2, -0.15) is 0 Å². The Morgan fingerprint density at radius 2 is 1.66 bits per heavy atom. The second-order valence-electron chi connectivity index (χ2n) is 7.30. The maximum absolute atomic E-state index is 13.3. The first kappa shape index (κ1) is 20.6. The van der Waals surface area contributed by atoms with Crippen LogP contribution in [0.15, 0.2) is 48.5 Å². The number of carboxylic acids is 1. The van der Waals surface area contributed by atoms with Crippen LogP contribution in [0.1, 0.15) is 53.3 Å². The maximum atomic E-state index is 13.3. The molecule has 1 unspecified atom stereocenters. The van der Waals surface area contributed by atoms with E-state index in [0.29, 0.717) is 36.2 Å². The molecule has 6 heteroatoms. The number of likely N-dealkylation sites (tertiary alicyclic amines) is 1. The van der Waals surface area contributed by atoms with Crippen molar-refractivity contribution >= 4 is 17.8 Å². The fraction of sp³-hybridized carbons (Fsp3) is 0.348. The van der Waals surface area contributed by atoms with Crippen LogP contribution in [0.2, 0.25) is 0 Å². The number of hydrogen-bond acceptors (Lipinski definition) is 3. The molecular formula is C23H26N2O4. The molecule has 1 saturated heterocycles. The average molecular weight is 394 g/mol. The molecule has 152 valence electrons. The normalized spacial score (nSPS) is 16.3. The lowest BCUT2D eigenvalue weighted by molar-refractivity contribution is -0.122. The van der Waals surface area contributed by atoms with Crippen molar-refractivity contribution in [2.45, 2.75) is 38.6 Å². The summed E-state index contributed by atoms with van der Waals surface area (Å²) in [5.74, 6) is -1.16. The second kappa shape index (κ2) is 9.37. The molecule has 2 aromatic carbocycles. The Morgan fingerprint density at radius 3 is 2.31 bits per heavy atom. The van der Waals surface area contributed by atoms with Gasteiger partial charge in [-0.25, -0.2) is 4.79 Å². The SMILES string of the molecule is CCCC(=O)NC1CCCN(C(=O)c2ccccc2-c2ccccc2C(=O)O)C1. The predicted octanol–water partition coefficient (Wildman–Crippen LogP) is 3.57. The average Bonchev–Trinajstić information content (AvgIpc) is 2.73. The molecule has 0 aliphatic carbocycles. The van der Waals surface area contributed by atoms with Crippen LogP contribution in [0.3, 0.4) is 0 Å². The number of aromatic carboxylic acids is 1. The molecule has 1 aliphatic heterocycles. The van der Waals surface area contributed by atoms with Gasteiger partial charge in [-0.15, -0.1) is 0 Å². The van der Waals surface area contributed by atoms with E-state index in [1.165, 1.54) is 0 Å². The van der Waals surface area contributed by atoms with Gasteiger partial charge >= 0.3 is 5.97 Å². The molecular weight excluding hydrogens is 368 g/mol. The second-order valence-corrected chi connectivity index (χ2v) is 7.30. The number of amides is 2. The van der Waals surface area contributed by atoms with Crippen LogP contribution in [0.4, 0.5) is 0 Å². The lowest BCUT2D eigenvalue weighted by Gasteiger charge is -2.33. The molecule has 2 aromatic rings. The van der Waals surface area contributed by atoms with Gasteiger partial charge in [-0.1, -0.05) is 43.3 Å². The quantitative estimate of drug-likeness (QED) is 0.784. The largest absolute Gasteiger partial charge is 0.478 e. The van der Waals surface area contributed by atoms with Crippen molar-refractivity contribution in [2.75, 3.05) is 13.1 Å². The summed E-state index contributed by atoms with van der Waals surface area (Å²) in [7, 11) is 0. The number of nitrogens with zero attached hydrogens (tertiary/aromatic N) is 1. The van der Waals surface area contributed by atoms with Gasteiger partial charge in [0, 0.05) is 31.1 Å². The fourth-order valence-electron chi connectivity index (χ4n) is 3.79. The molecule has 2 amide bonds. The van der Waals surface area contributed by atoms with E-state index >= 15 is 0 Å². The molecule has 1 heterocycles. The number of nitrogens with one attached hydrogen (secondary N) is 1. The Bertz CT molecular complexity index is 909. The summed E-state index contributed by atoms with van der Waals surface area (Å²) in [5.41, 5.74) is 1.76. The van der Waals surface area contributed by atoms with Crippen molar-refractivity contribution in [3.05, 3.63) is 59.7 Å². The van der Waals surface area contributed by atoms with Crippen molar-refractivity contribution in [2.24, 2.45) is 0 Å². The van der Waals surface area contributed by atoms with Gasteiger partial charge in [0.05, 0.1) is 5.56 Å². The Morgan fingerprint density at radius 1 is 1.03 bits per heavy atom. The highest BCUT2D eigenvalue weighted by Gasteiger charge is 2.27.